The van der Waals surface area contributed by atoms with Crippen LogP contribution in [-0.2, 0) is 12.0 Å². The highest BCUT2D eigenvalue weighted by atomic mass is 19.1. The molecule has 0 fully saturated rings. The fourth-order valence-corrected chi connectivity index (χ4v) is 3.21. The molecule has 0 aromatic heterocycles. The molecule has 0 aliphatic heterocycles. The van der Waals surface area contributed by atoms with Crippen LogP contribution in [0.5, 0.6) is 5.75 Å². The molecular formula is C18H19FO2. The molecule has 1 atom stereocenters. The maximum absolute atomic E-state index is 14.5. The molecule has 1 aliphatic carbocycles. The summed E-state index contributed by atoms with van der Waals surface area (Å²) in [6, 6.07) is 12.5. The first kappa shape index (κ1) is 14.1. The summed E-state index contributed by atoms with van der Waals surface area (Å²) in [5.74, 6) is 0.0373. The third kappa shape index (κ3) is 2.42. The Morgan fingerprint density at radius 3 is 2.67 bits per heavy atom. The SMILES string of the molecule is COc1ccc(C2(O)CCCCc3ccccc32)c(F)c1. The van der Waals surface area contributed by atoms with Crippen molar-refractivity contribution in [2.75, 3.05) is 7.11 Å². The number of benzene rings is 2. The van der Waals surface area contributed by atoms with E-state index >= 15 is 0 Å². The number of ether oxygens (including phenoxy) is 1. The van der Waals surface area contributed by atoms with E-state index in [0.717, 1.165) is 30.4 Å². The molecule has 110 valence electrons. The van der Waals surface area contributed by atoms with Crippen molar-refractivity contribution < 1.29 is 14.2 Å². The van der Waals surface area contributed by atoms with Crippen LogP contribution in [0.4, 0.5) is 4.39 Å². The van der Waals surface area contributed by atoms with E-state index in [9.17, 15) is 9.50 Å². The first-order valence-electron chi connectivity index (χ1n) is 7.30. The molecule has 21 heavy (non-hydrogen) atoms. The van der Waals surface area contributed by atoms with E-state index < -0.39 is 11.4 Å². The largest absolute Gasteiger partial charge is 0.497 e. The van der Waals surface area contributed by atoms with Gasteiger partial charge < -0.3 is 9.84 Å². The number of aryl methyl sites for hydroxylation is 1. The van der Waals surface area contributed by atoms with E-state index in [-0.39, 0.29) is 0 Å². The zero-order valence-corrected chi connectivity index (χ0v) is 12.1. The van der Waals surface area contributed by atoms with E-state index in [1.165, 1.54) is 13.2 Å². The topological polar surface area (TPSA) is 29.5 Å². The van der Waals surface area contributed by atoms with Crippen molar-refractivity contribution in [1.82, 2.24) is 0 Å². The molecule has 3 rings (SSSR count). The van der Waals surface area contributed by atoms with Crippen LogP contribution in [0.3, 0.4) is 0 Å². The van der Waals surface area contributed by atoms with Crippen LogP contribution in [0.1, 0.15) is 36.0 Å². The van der Waals surface area contributed by atoms with Gasteiger partial charge in [-0.25, -0.2) is 4.39 Å². The Kier molecular flexibility index (Phi) is 3.68. The number of halogens is 1. The summed E-state index contributed by atoms with van der Waals surface area (Å²) >= 11 is 0. The lowest BCUT2D eigenvalue weighted by atomic mass is 9.81. The van der Waals surface area contributed by atoms with Gasteiger partial charge in [0.15, 0.2) is 0 Å². The number of rotatable bonds is 2. The van der Waals surface area contributed by atoms with Crippen molar-refractivity contribution in [3.05, 3.63) is 65.0 Å². The predicted octanol–water partition coefficient (Wildman–Crippen LogP) is 3.80. The average Bonchev–Trinajstić information content (AvgIpc) is 2.67. The van der Waals surface area contributed by atoms with Crippen LogP contribution in [0.15, 0.2) is 42.5 Å². The Hall–Kier alpha value is -1.87. The van der Waals surface area contributed by atoms with Crippen molar-refractivity contribution in [1.29, 1.82) is 0 Å². The van der Waals surface area contributed by atoms with Crippen LogP contribution in [0.2, 0.25) is 0 Å². The second-order valence-corrected chi connectivity index (χ2v) is 5.57. The van der Waals surface area contributed by atoms with Crippen molar-refractivity contribution in [2.24, 2.45) is 0 Å². The van der Waals surface area contributed by atoms with Crippen LogP contribution < -0.4 is 4.74 Å². The molecule has 2 nitrogen and oxygen atoms in total. The van der Waals surface area contributed by atoms with Gasteiger partial charge in [0, 0.05) is 11.6 Å². The number of hydrogen-bond acceptors (Lipinski definition) is 2. The Bertz CT molecular complexity index is 653. The summed E-state index contributed by atoms with van der Waals surface area (Å²) in [7, 11) is 1.50. The smallest absolute Gasteiger partial charge is 0.133 e. The molecule has 0 radical (unpaired) electrons. The molecule has 0 amide bonds. The molecule has 2 aromatic carbocycles. The second-order valence-electron chi connectivity index (χ2n) is 5.57. The van der Waals surface area contributed by atoms with E-state index in [4.69, 9.17) is 4.74 Å². The number of fused-ring (bicyclic) bond motifs is 1. The van der Waals surface area contributed by atoms with Gasteiger partial charge in [0.05, 0.1) is 7.11 Å². The number of hydrogen-bond donors (Lipinski definition) is 1. The molecular weight excluding hydrogens is 267 g/mol. The summed E-state index contributed by atoms with van der Waals surface area (Å²) in [4.78, 5) is 0. The first-order chi connectivity index (χ1) is 10.1. The number of aliphatic hydroxyl groups is 1. The van der Waals surface area contributed by atoms with Gasteiger partial charge in [0.2, 0.25) is 0 Å². The monoisotopic (exact) mass is 286 g/mol. The summed E-state index contributed by atoms with van der Waals surface area (Å²) in [6.07, 6.45) is 3.34. The van der Waals surface area contributed by atoms with Crippen molar-refractivity contribution >= 4 is 0 Å². The zero-order valence-electron chi connectivity index (χ0n) is 12.1. The highest BCUT2D eigenvalue weighted by Gasteiger charge is 2.36. The molecule has 0 saturated carbocycles. The van der Waals surface area contributed by atoms with Crippen molar-refractivity contribution in [2.45, 2.75) is 31.3 Å². The van der Waals surface area contributed by atoms with Gasteiger partial charge >= 0.3 is 0 Å². The van der Waals surface area contributed by atoms with Gasteiger partial charge in [-0.3, -0.25) is 0 Å². The van der Waals surface area contributed by atoms with Gasteiger partial charge in [-0.1, -0.05) is 24.3 Å². The van der Waals surface area contributed by atoms with Crippen LogP contribution in [0, 0.1) is 5.82 Å². The highest BCUT2D eigenvalue weighted by molar-refractivity contribution is 5.44. The van der Waals surface area contributed by atoms with Gasteiger partial charge in [0.1, 0.15) is 17.2 Å². The molecule has 3 heteroatoms. The second kappa shape index (κ2) is 5.49. The van der Waals surface area contributed by atoms with E-state index in [2.05, 4.69) is 0 Å². The van der Waals surface area contributed by atoms with Crippen molar-refractivity contribution in [3.63, 3.8) is 0 Å². The van der Waals surface area contributed by atoms with E-state index in [1.807, 2.05) is 24.3 Å². The molecule has 0 spiro atoms. The molecule has 2 aromatic rings. The average molecular weight is 286 g/mol. The highest BCUT2D eigenvalue weighted by Crippen LogP contribution is 2.41. The molecule has 1 aliphatic rings. The molecule has 0 bridgehead atoms. The Morgan fingerprint density at radius 1 is 1.10 bits per heavy atom. The quantitative estimate of drug-likeness (QED) is 0.851. The Labute approximate surface area is 124 Å². The predicted molar refractivity (Wildman–Crippen MR) is 79.9 cm³/mol. The number of methoxy groups -OCH3 is 1. The molecule has 1 unspecified atom stereocenters. The first-order valence-corrected chi connectivity index (χ1v) is 7.30. The molecule has 1 N–H and O–H groups in total. The third-order valence-electron chi connectivity index (χ3n) is 4.32. The fraction of sp³-hybridized carbons (Fsp3) is 0.333. The van der Waals surface area contributed by atoms with Gasteiger partial charge in [-0.15, -0.1) is 0 Å². The molecule has 0 saturated heterocycles. The van der Waals surface area contributed by atoms with Gasteiger partial charge in [-0.05, 0) is 48.9 Å². The molecule has 0 heterocycles. The minimum atomic E-state index is -1.26. The van der Waals surface area contributed by atoms with E-state index in [1.54, 1.807) is 12.1 Å². The summed E-state index contributed by atoms with van der Waals surface area (Å²) in [5, 5.41) is 11.2. The fourth-order valence-electron chi connectivity index (χ4n) is 3.21. The van der Waals surface area contributed by atoms with Gasteiger partial charge in [-0.2, -0.15) is 0 Å². The van der Waals surface area contributed by atoms with Crippen LogP contribution in [-0.4, -0.2) is 12.2 Å². The minimum absolute atomic E-state index is 0.331. The Morgan fingerprint density at radius 2 is 1.90 bits per heavy atom. The Balaban J connectivity index is 2.15. The van der Waals surface area contributed by atoms with E-state index in [0.29, 0.717) is 17.7 Å². The van der Waals surface area contributed by atoms with Crippen molar-refractivity contribution in [3.8, 4) is 5.75 Å². The summed E-state index contributed by atoms with van der Waals surface area (Å²) < 4.78 is 19.5. The normalized spacial score (nSPS) is 21.5. The third-order valence-corrected chi connectivity index (χ3v) is 4.32. The lowest BCUT2D eigenvalue weighted by Gasteiger charge is -2.30. The minimum Gasteiger partial charge on any atom is -0.497 e. The zero-order chi connectivity index (χ0) is 14.9. The van der Waals surface area contributed by atoms with Gasteiger partial charge in [0.25, 0.3) is 0 Å². The standard InChI is InChI=1S/C18H19FO2/c1-21-14-9-10-16(17(19)12-14)18(20)11-5-4-7-13-6-2-3-8-15(13)18/h2-3,6,8-10,12,20H,4-5,7,11H2,1H3. The summed E-state index contributed by atoms with van der Waals surface area (Å²) in [6.45, 7) is 0. The summed E-state index contributed by atoms with van der Waals surface area (Å²) in [5.41, 5.74) is 1.00. The maximum atomic E-state index is 14.5. The van der Waals surface area contributed by atoms with Crippen LogP contribution in [0.25, 0.3) is 0 Å². The van der Waals surface area contributed by atoms with Crippen LogP contribution >= 0.6 is 0 Å². The maximum Gasteiger partial charge on any atom is 0.133 e. The lowest BCUT2D eigenvalue weighted by Crippen LogP contribution is -2.28. The lowest BCUT2D eigenvalue weighted by molar-refractivity contribution is 0.0665.